The molecule has 0 heterocycles. The van der Waals surface area contributed by atoms with Crippen LogP contribution >= 0.6 is 0 Å². The number of hydrogen-bond acceptors (Lipinski definition) is 0. The van der Waals surface area contributed by atoms with Crippen LogP contribution in [-0.2, 0) is 0 Å². The molecule has 74 valence electrons. The van der Waals surface area contributed by atoms with E-state index in [1.807, 2.05) is 0 Å². The molecule has 1 unspecified atom stereocenters. The van der Waals surface area contributed by atoms with Gasteiger partial charge in [-0.3, -0.25) is 0 Å². The van der Waals surface area contributed by atoms with Crippen LogP contribution < -0.4 is 0 Å². The highest BCUT2D eigenvalue weighted by atomic mass is 14.3. The zero-order valence-corrected chi connectivity index (χ0v) is 9.78. The number of hydrogen-bond donors (Lipinski definition) is 0. The second kappa shape index (κ2) is 4.89. The molecule has 0 radical (unpaired) electrons. The lowest BCUT2D eigenvalue weighted by Crippen LogP contribution is -2.27. The van der Waals surface area contributed by atoms with Gasteiger partial charge in [-0.1, -0.05) is 60.8 Å². The zero-order valence-electron chi connectivity index (χ0n) is 9.78. The Morgan fingerprint density at radius 2 is 1.25 bits per heavy atom. The minimum Gasteiger partial charge on any atom is -0.0651 e. The highest BCUT2D eigenvalue weighted by Crippen LogP contribution is 2.37. The maximum atomic E-state index is 2.37. The first-order valence-corrected chi connectivity index (χ1v) is 5.47. The molecule has 0 fully saturated rings. The molecule has 0 nitrogen and oxygen atoms in total. The molecule has 0 aromatic rings. The van der Waals surface area contributed by atoms with Gasteiger partial charge in [0.2, 0.25) is 0 Å². The molecule has 0 saturated heterocycles. The zero-order chi connectivity index (χ0) is 9.78. The average molecular weight is 170 g/mol. The van der Waals surface area contributed by atoms with E-state index in [-0.39, 0.29) is 0 Å². The Labute approximate surface area is 78.8 Å². The van der Waals surface area contributed by atoms with Crippen LogP contribution in [0.25, 0.3) is 0 Å². The smallest absolute Gasteiger partial charge is 0.0340 e. The molecule has 0 aliphatic heterocycles. The van der Waals surface area contributed by atoms with Gasteiger partial charge in [0.1, 0.15) is 0 Å². The standard InChI is InChI=1S/C12H26/c1-7-10(8-2)11(9-3)12(4,5)6/h10-11H,7-9H2,1-6H3. The average Bonchev–Trinajstić information content (AvgIpc) is 1.97. The van der Waals surface area contributed by atoms with E-state index in [4.69, 9.17) is 0 Å². The van der Waals surface area contributed by atoms with E-state index < -0.39 is 0 Å². The quantitative estimate of drug-likeness (QED) is 0.583. The molecule has 0 bridgehead atoms. The molecule has 1 atom stereocenters. The van der Waals surface area contributed by atoms with Gasteiger partial charge in [-0.25, -0.2) is 0 Å². The van der Waals surface area contributed by atoms with Gasteiger partial charge in [0.15, 0.2) is 0 Å². The molecular weight excluding hydrogens is 144 g/mol. The molecule has 12 heavy (non-hydrogen) atoms. The van der Waals surface area contributed by atoms with Crippen LogP contribution in [0.1, 0.15) is 60.8 Å². The van der Waals surface area contributed by atoms with E-state index in [9.17, 15) is 0 Å². The second-order valence-corrected chi connectivity index (χ2v) is 4.96. The van der Waals surface area contributed by atoms with Crippen LogP contribution in [0.4, 0.5) is 0 Å². The largest absolute Gasteiger partial charge is 0.0651 e. The Kier molecular flexibility index (Phi) is 4.89. The monoisotopic (exact) mass is 170 g/mol. The Morgan fingerprint density at radius 1 is 0.833 bits per heavy atom. The molecule has 0 N–H and O–H groups in total. The van der Waals surface area contributed by atoms with Crippen LogP contribution in [0, 0.1) is 17.3 Å². The van der Waals surface area contributed by atoms with Crippen molar-refractivity contribution in [1.82, 2.24) is 0 Å². The van der Waals surface area contributed by atoms with Crippen molar-refractivity contribution in [2.45, 2.75) is 60.8 Å². The summed E-state index contributed by atoms with van der Waals surface area (Å²) in [5.74, 6) is 1.82. The van der Waals surface area contributed by atoms with Crippen molar-refractivity contribution in [3.05, 3.63) is 0 Å². The number of rotatable bonds is 4. The van der Waals surface area contributed by atoms with Crippen molar-refractivity contribution in [1.29, 1.82) is 0 Å². The van der Waals surface area contributed by atoms with E-state index >= 15 is 0 Å². The van der Waals surface area contributed by atoms with Gasteiger partial charge >= 0.3 is 0 Å². The maximum Gasteiger partial charge on any atom is -0.0340 e. The molecular formula is C12H26. The fourth-order valence-corrected chi connectivity index (χ4v) is 2.51. The summed E-state index contributed by atoms with van der Waals surface area (Å²) in [4.78, 5) is 0. The lowest BCUT2D eigenvalue weighted by molar-refractivity contribution is 0.144. The summed E-state index contributed by atoms with van der Waals surface area (Å²) in [6.45, 7) is 14.1. The Hall–Kier alpha value is 0. The lowest BCUT2D eigenvalue weighted by Gasteiger charge is -2.36. The fraction of sp³-hybridized carbons (Fsp3) is 1.00. The third-order valence-corrected chi connectivity index (χ3v) is 3.17. The van der Waals surface area contributed by atoms with E-state index in [0.29, 0.717) is 5.41 Å². The van der Waals surface area contributed by atoms with Gasteiger partial charge in [-0.15, -0.1) is 0 Å². The summed E-state index contributed by atoms with van der Waals surface area (Å²) in [6.07, 6.45) is 4.01. The summed E-state index contributed by atoms with van der Waals surface area (Å²) in [7, 11) is 0. The van der Waals surface area contributed by atoms with Gasteiger partial charge in [0, 0.05) is 0 Å². The van der Waals surface area contributed by atoms with Crippen molar-refractivity contribution in [3.8, 4) is 0 Å². The van der Waals surface area contributed by atoms with E-state index in [2.05, 4.69) is 41.5 Å². The van der Waals surface area contributed by atoms with Gasteiger partial charge in [-0.2, -0.15) is 0 Å². The summed E-state index contributed by atoms with van der Waals surface area (Å²) in [5.41, 5.74) is 0.492. The van der Waals surface area contributed by atoms with Crippen molar-refractivity contribution in [2.75, 3.05) is 0 Å². The first-order valence-electron chi connectivity index (χ1n) is 5.47. The topological polar surface area (TPSA) is 0 Å². The van der Waals surface area contributed by atoms with Gasteiger partial charge in [0.25, 0.3) is 0 Å². The minimum atomic E-state index is 0.492. The molecule has 0 aliphatic carbocycles. The minimum absolute atomic E-state index is 0.492. The van der Waals surface area contributed by atoms with Crippen LogP contribution in [-0.4, -0.2) is 0 Å². The van der Waals surface area contributed by atoms with Crippen LogP contribution in [0.5, 0.6) is 0 Å². The highest BCUT2D eigenvalue weighted by Gasteiger charge is 2.28. The first-order chi connectivity index (χ1) is 5.47. The Morgan fingerprint density at radius 3 is 1.33 bits per heavy atom. The molecule has 0 heteroatoms. The van der Waals surface area contributed by atoms with Crippen molar-refractivity contribution < 1.29 is 0 Å². The lowest BCUT2D eigenvalue weighted by atomic mass is 9.70. The third-order valence-electron chi connectivity index (χ3n) is 3.17. The predicted molar refractivity (Wildman–Crippen MR) is 57.3 cm³/mol. The molecule has 0 amide bonds. The van der Waals surface area contributed by atoms with E-state index in [0.717, 1.165) is 11.8 Å². The predicted octanol–water partition coefficient (Wildman–Crippen LogP) is 4.49. The Balaban J connectivity index is 4.31. The highest BCUT2D eigenvalue weighted by molar-refractivity contribution is 4.78. The first kappa shape index (κ1) is 12.0. The van der Waals surface area contributed by atoms with Crippen LogP contribution in [0.3, 0.4) is 0 Å². The summed E-state index contributed by atoms with van der Waals surface area (Å²) in [6, 6.07) is 0. The maximum absolute atomic E-state index is 2.37. The second-order valence-electron chi connectivity index (χ2n) is 4.96. The molecule has 0 aliphatic rings. The summed E-state index contributed by atoms with van der Waals surface area (Å²) in [5, 5.41) is 0. The fourth-order valence-electron chi connectivity index (χ4n) is 2.51. The van der Waals surface area contributed by atoms with E-state index in [1.165, 1.54) is 19.3 Å². The summed E-state index contributed by atoms with van der Waals surface area (Å²) >= 11 is 0. The third kappa shape index (κ3) is 3.16. The molecule has 0 spiro atoms. The molecule has 0 saturated carbocycles. The van der Waals surface area contributed by atoms with Crippen LogP contribution in [0.15, 0.2) is 0 Å². The van der Waals surface area contributed by atoms with Gasteiger partial charge in [0.05, 0.1) is 0 Å². The van der Waals surface area contributed by atoms with Crippen molar-refractivity contribution >= 4 is 0 Å². The van der Waals surface area contributed by atoms with E-state index in [1.54, 1.807) is 0 Å². The van der Waals surface area contributed by atoms with Crippen molar-refractivity contribution in [2.24, 2.45) is 17.3 Å². The SMILES string of the molecule is CCC(CC)C(CC)C(C)(C)C. The summed E-state index contributed by atoms with van der Waals surface area (Å²) < 4.78 is 0. The molecule has 0 aromatic carbocycles. The molecule has 0 aromatic heterocycles. The van der Waals surface area contributed by atoms with Gasteiger partial charge in [-0.05, 0) is 17.3 Å². The Bertz CT molecular complexity index is 104. The normalized spacial score (nSPS) is 15.2. The van der Waals surface area contributed by atoms with Gasteiger partial charge < -0.3 is 0 Å². The molecule has 0 rings (SSSR count). The van der Waals surface area contributed by atoms with Crippen molar-refractivity contribution in [3.63, 3.8) is 0 Å². The van der Waals surface area contributed by atoms with Crippen LogP contribution in [0.2, 0.25) is 0 Å².